The van der Waals surface area contributed by atoms with E-state index in [1.54, 1.807) is 36.4 Å². The van der Waals surface area contributed by atoms with E-state index in [0.29, 0.717) is 33.3 Å². The van der Waals surface area contributed by atoms with Crippen LogP contribution in [0.4, 0.5) is 5.69 Å². The lowest BCUT2D eigenvalue weighted by Gasteiger charge is -2.32. The third-order valence-corrected chi connectivity index (χ3v) is 6.67. The van der Waals surface area contributed by atoms with Gasteiger partial charge in [0.2, 0.25) is 5.91 Å². The average molecular weight is 563 g/mol. The second kappa shape index (κ2) is 12.7. The van der Waals surface area contributed by atoms with Crippen molar-refractivity contribution in [1.29, 1.82) is 0 Å². The predicted molar refractivity (Wildman–Crippen MR) is 145 cm³/mol. The Kier molecular flexibility index (Phi) is 9.82. The molecule has 3 rings (SSSR count). The Hall–Kier alpha value is -3.34. The molecule has 11 heteroatoms. The second-order valence-corrected chi connectivity index (χ2v) is 10.5. The van der Waals surface area contributed by atoms with Gasteiger partial charge in [0.05, 0.1) is 27.8 Å². The van der Waals surface area contributed by atoms with Crippen molar-refractivity contribution in [3.05, 3.63) is 52.5 Å². The number of anilines is 1. The molecule has 0 aromatic heterocycles. The number of benzene rings is 2. The van der Waals surface area contributed by atoms with E-state index in [1.165, 1.54) is 33.2 Å². The van der Waals surface area contributed by atoms with Gasteiger partial charge in [0.25, 0.3) is 5.91 Å². The molecule has 0 spiro atoms. The number of esters is 1. The zero-order chi connectivity index (χ0) is 28.9. The van der Waals surface area contributed by atoms with Crippen molar-refractivity contribution in [2.45, 2.75) is 45.4 Å². The summed E-state index contributed by atoms with van der Waals surface area (Å²) in [5, 5.41) is 13.0. The number of fused-ring (bicyclic) bond motifs is 1. The van der Waals surface area contributed by atoms with Crippen LogP contribution in [0.15, 0.2) is 36.4 Å². The van der Waals surface area contributed by atoms with E-state index < -0.39 is 41.4 Å². The summed E-state index contributed by atoms with van der Waals surface area (Å²) >= 11 is 6.42. The Morgan fingerprint density at radius 3 is 2.49 bits per heavy atom. The quantitative estimate of drug-likeness (QED) is 0.423. The summed E-state index contributed by atoms with van der Waals surface area (Å²) in [6.07, 6.45) is -2.51. The molecule has 39 heavy (non-hydrogen) atoms. The fourth-order valence-corrected chi connectivity index (χ4v) is 4.59. The topological polar surface area (TPSA) is 124 Å². The van der Waals surface area contributed by atoms with E-state index >= 15 is 0 Å². The first-order valence-corrected chi connectivity index (χ1v) is 12.8. The lowest BCUT2D eigenvalue weighted by Crippen LogP contribution is -2.47. The first-order valence-electron chi connectivity index (χ1n) is 12.4. The Morgan fingerprint density at radius 1 is 1.15 bits per heavy atom. The Balaban J connectivity index is 2.16. The molecule has 2 aromatic rings. The summed E-state index contributed by atoms with van der Waals surface area (Å²) in [7, 11) is 4.23. The number of aliphatic hydroxyl groups is 1. The summed E-state index contributed by atoms with van der Waals surface area (Å²) in [4.78, 5) is 40.3. The SMILES string of the molecule is COC(=O)[C@@H](C)NC(=O)C[C@H]1O[C@H](c2cccc(OC)c2OC)c2cc(Cl)ccc2N(CC(C)(C)CO)C1=O. The van der Waals surface area contributed by atoms with E-state index in [0.717, 1.165) is 0 Å². The second-order valence-electron chi connectivity index (χ2n) is 10.1. The van der Waals surface area contributed by atoms with Gasteiger partial charge in [-0.1, -0.05) is 37.6 Å². The van der Waals surface area contributed by atoms with Gasteiger partial charge >= 0.3 is 5.97 Å². The van der Waals surface area contributed by atoms with Crippen LogP contribution in [-0.2, 0) is 23.9 Å². The number of halogens is 1. The molecule has 3 atom stereocenters. The van der Waals surface area contributed by atoms with E-state index in [1.807, 2.05) is 13.8 Å². The van der Waals surface area contributed by atoms with Crippen LogP contribution in [0.2, 0.25) is 5.02 Å². The normalized spacial score (nSPS) is 18.1. The first kappa shape index (κ1) is 30.2. The van der Waals surface area contributed by atoms with Gasteiger partial charge in [-0.05, 0) is 31.2 Å². The first-order chi connectivity index (χ1) is 18.5. The monoisotopic (exact) mass is 562 g/mol. The molecule has 1 aliphatic rings. The lowest BCUT2D eigenvalue weighted by molar-refractivity contribution is -0.145. The minimum atomic E-state index is -1.25. The molecule has 0 saturated carbocycles. The third-order valence-electron chi connectivity index (χ3n) is 6.44. The number of carbonyl (C=O) groups is 3. The van der Waals surface area contributed by atoms with Crippen molar-refractivity contribution in [2.24, 2.45) is 5.41 Å². The number of carbonyl (C=O) groups excluding carboxylic acids is 3. The number of para-hydroxylation sites is 1. The van der Waals surface area contributed by atoms with Gasteiger partial charge in [-0.25, -0.2) is 4.79 Å². The molecule has 0 unspecified atom stereocenters. The number of hydrogen-bond donors (Lipinski definition) is 2. The van der Waals surface area contributed by atoms with Gasteiger partial charge in [0, 0.05) is 40.4 Å². The van der Waals surface area contributed by atoms with Crippen molar-refractivity contribution in [3.63, 3.8) is 0 Å². The minimum absolute atomic E-state index is 0.138. The zero-order valence-electron chi connectivity index (χ0n) is 22.9. The molecule has 0 fully saturated rings. The highest BCUT2D eigenvalue weighted by Crippen LogP contribution is 2.45. The average Bonchev–Trinajstić information content (AvgIpc) is 3.02. The molecule has 10 nitrogen and oxygen atoms in total. The number of nitrogens with one attached hydrogen (secondary N) is 1. The van der Waals surface area contributed by atoms with Crippen molar-refractivity contribution >= 4 is 35.1 Å². The fourth-order valence-electron chi connectivity index (χ4n) is 4.41. The highest BCUT2D eigenvalue weighted by molar-refractivity contribution is 6.30. The summed E-state index contributed by atoms with van der Waals surface area (Å²) in [5.74, 6) is -0.825. The largest absolute Gasteiger partial charge is 0.493 e. The summed E-state index contributed by atoms with van der Waals surface area (Å²) in [6, 6.07) is 9.45. The lowest BCUT2D eigenvalue weighted by atomic mass is 9.92. The maximum absolute atomic E-state index is 14.0. The van der Waals surface area contributed by atoms with E-state index in [2.05, 4.69) is 10.1 Å². The number of hydrogen-bond acceptors (Lipinski definition) is 8. The maximum atomic E-state index is 14.0. The summed E-state index contributed by atoms with van der Waals surface area (Å²) < 4.78 is 22.3. The molecule has 0 aliphatic carbocycles. The Bertz CT molecular complexity index is 1220. The predicted octanol–water partition coefficient (Wildman–Crippen LogP) is 3.26. The summed E-state index contributed by atoms with van der Waals surface area (Å²) in [5.41, 5.74) is 0.977. The maximum Gasteiger partial charge on any atom is 0.328 e. The molecular weight excluding hydrogens is 528 g/mol. The van der Waals surface area contributed by atoms with Crippen LogP contribution >= 0.6 is 11.6 Å². The van der Waals surface area contributed by atoms with Gasteiger partial charge in [-0.15, -0.1) is 0 Å². The highest BCUT2D eigenvalue weighted by atomic mass is 35.5. The molecule has 1 heterocycles. The highest BCUT2D eigenvalue weighted by Gasteiger charge is 2.41. The molecule has 0 radical (unpaired) electrons. The molecule has 0 bridgehead atoms. The Labute approximate surface area is 233 Å². The standard InChI is InChI=1S/C28H35ClN2O8/c1-16(27(35)38-6)30-23(33)13-22-26(34)31(14-28(2,3)15-32)20-11-10-17(29)12-19(20)24(39-22)18-8-7-9-21(36-4)25(18)37-5/h7-12,16,22,24,32H,13-15H2,1-6H3,(H,30,33)/t16-,22-,24-/m1/s1. The number of ether oxygens (including phenoxy) is 4. The molecule has 1 aliphatic heterocycles. The molecular formula is C28H35ClN2O8. The third kappa shape index (κ3) is 6.81. The van der Waals surface area contributed by atoms with Crippen LogP contribution in [0.3, 0.4) is 0 Å². The van der Waals surface area contributed by atoms with Crippen molar-refractivity contribution < 1.29 is 38.4 Å². The van der Waals surface area contributed by atoms with Crippen LogP contribution in [0.5, 0.6) is 11.5 Å². The van der Waals surface area contributed by atoms with Crippen LogP contribution in [-0.4, -0.2) is 69.5 Å². The molecule has 2 N–H and O–H groups in total. The van der Waals surface area contributed by atoms with E-state index in [4.69, 9.17) is 25.8 Å². The zero-order valence-corrected chi connectivity index (χ0v) is 23.7. The molecule has 212 valence electrons. The van der Waals surface area contributed by atoms with Crippen LogP contribution in [0.25, 0.3) is 0 Å². The molecule has 2 aromatic carbocycles. The van der Waals surface area contributed by atoms with Crippen LogP contribution in [0.1, 0.15) is 44.4 Å². The van der Waals surface area contributed by atoms with Gasteiger partial charge in [0.15, 0.2) is 11.5 Å². The number of aliphatic hydroxyl groups excluding tert-OH is 1. The van der Waals surface area contributed by atoms with Crippen LogP contribution in [0, 0.1) is 5.41 Å². The number of rotatable bonds is 10. The van der Waals surface area contributed by atoms with Gasteiger partial charge < -0.3 is 34.3 Å². The summed E-state index contributed by atoms with van der Waals surface area (Å²) in [6.45, 7) is 5.08. The number of methoxy groups -OCH3 is 3. The van der Waals surface area contributed by atoms with Gasteiger partial charge in [0.1, 0.15) is 18.2 Å². The number of nitrogens with zero attached hydrogens (tertiary/aromatic N) is 1. The van der Waals surface area contributed by atoms with Gasteiger partial charge in [-0.3, -0.25) is 9.59 Å². The van der Waals surface area contributed by atoms with E-state index in [9.17, 15) is 19.5 Å². The van der Waals surface area contributed by atoms with Crippen LogP contribution < -0.4 is 19.7 Å². The fraction of sp³-hybridized carbons (Fsp3) is 0.464. The number of amides is 2. The van der Waals surface area contributed by atoms with Crippen molar-refractivity contribution in [2.75, 3.05) is 39.4 Å². The molecule has 0 saturated heterocycles. The molecule has 2 amide bonds. The minimum Gasteiger partial charge on any atom is -0.493 e. The van der Waals surface area contributed by atoms with Gasteiger partial charge in [-0.2, -0.15) is 0 Å². The van der Waals surface area contributed by atoms with E-state index in [-0.39, 0.29) is 19.6 Å². The van der Waals surface area contributed by atoms with Crippen molar-refractivity contribution in [3.8, 4) is 11.5 Å². The van der Waals surface area contributed by atoms with Crippen molar-refractivity contribution in [1.82, 2.24) is 5.32 Å². The smallest absolute Gasteiger partial charge is 0.328 e. The Morgan fingerprint density at radius 2 is 1.87 bits per heavy atom.